The molecule has 29 heavy (non-hydrogen) atoms. The highest BCUT2D eigenvalue weighted by atomic mass is 35.5. The summed E-state index contributed by atoms with van der Waals surface area (Å²) in [7, 11) is 0. The van der Waals surface area contributed by atoms with Gasteiger partial charge in [-0.25, -0.2) is 4.79 Å². The summed E-state index contributed by atoms with van der Waals surface area (Å²) >= 11 is 5.94. The Labute approximate surface area is 171 Å². The molecule has 0 bridgehead atoms. The van der Waals surface area contributed by atoms with Crippen LogP contribution in [0.15, 0.2) is 42.5 Å². The lowest BCUT2D eigenvalue weighted by atomic mass is 10.1. The normalized spacial score (nSPS) is 11.3. The Bertz CT molecular complexity index is 945. The highest BCUT2D eigenvalue weighted by Crippen LogP contribution is 2.27. The molecule has 2 aromatic rings. The summed E-state index contributed by atoms with van der Waals surface area (Å²) in [5.41, 5.74) is 0.817. The van der Waals surface area contributed by atoms with Crippen molar-refractivity contribution in [3.63, 3.8) is 0 Å². The van der Waals surface area contributed by atoms with Crippen molar-refractivity contribution in [3.8, 4) is 0 Å². The first-order valence-corrected chi connectivity index (χ1v) is 8.84. The van der Waals surface area contributed by atoms with E-state index in [2.05, 4.69) is 10.6 Å². The number of nitro benzene ring substituents is 1. The number of non-ortho nitro benzene ring substituents is 1. The molecule has 2 aromatic carbocycles. The van der Waals surface area contributed by atoms with Gasteiger partial charge < -0.3 is 15.4 Å². The van der Waals surface area contributed by atoms with Crippen LogP contribution >= 0.6 is 11.6 Å². The summed E-state index contributed by atoms with van der Waals surface area (Å²) in [6.07, 6.45) is -1.17. The number of hydrogen-bond donors (Lipinski definition) is 2. The van der Waals surface area contributed by atoms with Crippen LogP contribution in [-0.2, 0) is 20.9 Å². The van der Waals surface area contributed by atoms with Crippen molar-refractivity contribution in [3.05, 3.63) is 68.7 Å². The van der Waals surface area contributed by atoms with Crippen LogP contribution in [0.5, 0.6) is 0 Å². The van der Waals surface area contributed by atoms with Crippen LogP contribution in [0.4, 0.5) is 11.4 Å². The van der Waals surface area contributed by atoms with Gasteiger partial charge in [0.2, 0.25) is 5.91 Å². The Morgan fingerprint density at radius 3 is 2.41 bits per heavy atom. The van der Waals surface area contributed by atoms with Gasteiger partial charge in [0.15, 0.2) is 6.10 Å². The zero-order valence-electron chi connectivity index (χ0n) is 15.6. The van der Waals surface area contributed by atoms with E-state index < -0.39 is 22.9 Å². The van der Waals surface area contributed by atoms with E-state index in [1.165, 1.54) is 38.1 Å². The van der Waals surface area contributed by atoms with Gasteiger partial charge in [-0.2, -0.15) is 0 Å². The van der Waals surface area contributed by atoms with Gasteiger partial charge in [-0.1, -0.05) is 23.7 Å². The summed E-state index contributed by atoms with van der Waals surface area (Å²) < 4.78 is 5.13. The lowest BCUT2D eigenvalue weighted by Gasteiger charge is -2.14. The molecule has 0 saturated carbocycles. The second-order valence-corrected chi connectivity index (χ2v) is 6.47. The number of ether oxygens (including phenoxy) is 1. The molecule has 1 atom stereocenters. The number of carbonyl (C=O) groups is 3. The number of nitro groups is 1. The highest BCUT2D eigenvalue weighted by Gasteiger charge is 2.21. The Morgan fingerprint density at radius 1 is 1.17 bits per heavy atom. The fraction of sp³-hybridized carbons (Fsp3) is 0.211. The van der Waals surface area contributed by atoms with Crippen molar-refractivity contribution < 1.29 is 24.0 Å². The minimum Gasteiger partial charge on any atom is -0.449 e. The lowest BCUT2D eigenvalue weighted by molar-refractivity contribution is -0.384. The summed E-state index contributed by atoms with van der Waals surface area (Å²) in [5, 5.41) is 16.0. The molecule has 0 spiro atoms. The van der Waals surface area contributed by atoms with Crippen LogP contribution in [0, 0.1) is 10.1 Å². The summed E-state index contributed by atoms with van der Waals surface area (Å²) in [5.74, 6) is -1.58. The SMILES string of the molecule is CC(=O)NCc1ccc(C(=O)OC(C)C(=O)Nc2cc([N+](=O)[O-])ccc2Cl)cc1. The standard InChI is InChI=1S/C19H18ClN3O6/c1-11(18(25)22-17-9-15(23(27)28)7-8-16(17)20)29-19(26)14-5-3-13(4-6-14)10-21-12(2)24/h3-9,11H,10H2,1-2H3,(H,21,24)(H,22,25). The molecule has 0 aliphatic carbocycles. The Hall–Kier alpha value is -3.46. The monoisotopic (exact) mass is 419 g/mol. The van der Waals surface area contributed by atoms with Gasteiger partial charge in [0, 0.05) is 25.6 Å². The van der Waals surface area contributed by atoms with E-state index in [0.717, 1.165) is 11.6 Å². The van der Waals surface area contributed by atoms with E-state index in [0.29, 0.717) is 6.54 Å². The quantitative estimate of drug-likeness (QED) is 0.403. The van der Waals surface area contributed by atoms with Gasteiger partial charge in [0.05, 0.1) is 21.2 Å². The third kappa shape index (κ3) is 6.28. The molecular formula is C19H18ClN3O6. The number of halogens is 1. The maximum atomic E-state index is 12.3. The molecule has 0 fully saturated rings. The Kier molecular flexibility index (Phi) is 7.27. The summed E-state index contributed by atoms with van der Waals surface area (Å²) in [6.45, 7) is 3.09. The number of anilines is 1. The maximum Gasteiger partial charge on any atom is 0.338 e. The maximum absolute atomic E-state index is 12.3. The number of nitrogens with one attached hydrogen (secondary N) is 2. The van der Waals surface area contributed by atoms with Crippen LogP contribution in [0.2, 0.25) is 5.02 Å². The fourth-order valence-corrected chi connectivity index (χ4v) is 2.39. The van der Waals surface area contributed by atoms with Gasteiger partial charge in [-0.3, -0.25) is 19.7 Å². The van der Waals surface area contributed by atoms with Crippen LogP contribution in [-0.4, -0.2) is 28.8 Å². The summed E-state index contributed by atoms with van der Waals surface area (Å²) in [4.78, 5) is 45.6. The van der Waals surface area contributed by atoms with E-state index >= 15 is 0 Å². The molecule has 152 valence electrons. The van der Waals surface area contributed by atoms with Crippen molar-refractivity contribution in [2.45, 2.75) is 26.5 Å². The average Bonchev–Trinajstić information content (AvgIpc) is 2.68. The van der Waals surface area contributed by atoms with Gasteiger partial charge in [-0.05, 0) is 30.7 Å². The van der Waals surface area contributed by atoms with Crippen molar-refractivity contribution in [2.24, 2.45) is 0 Å². The van der Waals surface area contributed by atoms with Crippen LogP contribution in [0.25, 0.3) is 0 Å². The second-order valence-electron chi connectivity index (χ2n) is 6.06. The zero-order valence-corrected chi connectivity index (χ0v) is 16.4. The molecule has 0 aliphatic rings. The van der Waals surface area contributed by atoms with Crippen molar-refractivity contribution in [1.82, 2.24) is 5.32 Å². The molecule has 2 rings (SSSR count). The Morgan fingerprint density at radius 2 is 1.83 bits per heavy atom. The minimum absolute atomic E-state index is 0.0380. The van der Waals surface area contributed by atoms with Crippen molar-refractivity contribution in [2.75, 3.05) is 5.32 Å². The van der Waals surface area contributed by atoms with E-state index in [4.69, 9.17) is 16.3 Å². The molecule has 0 heterocycles. The van der Waals surface area contributed by atoms with E-state index in [1.807, 2.05) is 0 Å². The first-order chi connectivity index (χ1) is 13.7. The molecule has 1 unspecified atom stereocenters. The van der Waals surface area contributed by atoms with Crippen molar-refractivity contribution in [1.29, 1.82) is 0 Å². The number of esters is 1. The zero-order chi connectivity index (χ0) is 21.6. The van der Waals surface area contributed by atoms with Crippen LogP contribution in [0.1, 0.15) is 29.8 Å². The van der Waals surface area contributed by atoms with Crippen LogP contribution in [0.3, 0.4) is 0 Å². The number of carbonyl (C=O) groups excluding carboxylic acids is 3. The number of amides is 2. The predicted molar refractivity (Wildman–Crippen MR) is 106 cm³/mol. The Balaban J connectivity index is 1.98. The number of benzene rings is 2. The fourth-order valence-electron chi connectivity index (χ4n) is 2.22. The highest BCUT2D eigenvalue weighted by molar-refractivity contribution is 6.33. The second kappa shape index (κ2) is 9.65. The van der Waals surface area contributed by atoms with Gasteiger partial charge in [-0.15, -0.1) is 0 Å². The number of hydrogen-bond acceptors (Lipinski definition) is 6. The molecule has 0 radical (unpaired) electrons. The molecule has 0 aromatic heterocycles. The number of nitrogens with zero attached hydrogens (tertiary/aromatic N) is 1. The van der Waals surface area contributed by atoms with Gasteiger partial charge in [0.1, 0.15) is 0 Å². The molecule has 2 N–H and O–H groups in total. The third-order valence-corrected chi connectivity index (χ3v) is 4.13. The predicted octanol–water partition coefficient (Wildman–Crippen LogP) is 3.07. The van der Waals surface area contributed by atoms with E-state index in [9.17, 15) is 24.5 Å². The third-order valence-electron chi connectivity index (χ3n) is 3.80. The molecular weight excluding hydrogens is 402 g/mol. The topological polar surface area (TPSA) is 128 Å². The first-order valence-electron chi connectivity index (χ1n) is 8.46. The molecule has 9 nitrogen and oxygen atoms in total. The van der Waals surface area contributed by atoms with E-state index in [1.54, 1.807) is 12.1 Å². The molecule has 0 aliphatic heterocycles. The van der Waals surface area contributed by atoms with Gasteiger partial charge in [0.25, 0.3) is 11.6 Å². The molecule has 2 amide bonds. The van der Waals surface area contributed by atoms with Crippen LogP contribution < -0.4 is 10.6 Å². The van der Waals surface area contributed by atoms with Gasteiger partial charge >= 0.3 is 5.97 Å². The van der Waals surface area contributed by atoms with E-state index in [-0.39, 0.29) is 27.9 Å². The number of rotatable bonds is 7. The van der Waals surface area contributed by atoms with Crippen molar-refractivity contribution >= 4 is 40.8 Å². The largest absolute Gasteiger partial charge is 0.449 e. The summed E-state index contributed by atoms with van der Waals surface area (Å²) in [6, 6.07) is 9.94. The first kappa shape index (κ1) is 21.8. The smallest absolute Gasteiger partial charge is 0.338 e. The molecule has 10 heteroatoms. The average molecular weight is 420 g/mol. The minimum atomic E-state index is -1.17. The molecule has 0 saturated heterocycles. The lowest BCUT2D eigenvalue weighted by Crippen LogP contribution is -2.30.